The fourth-order valence-corrected chi connectivity index (χ4v) is 1.90. The molecule has 1 unspecified atom stereocenters. The van der Waals surface area contributed by atoms with E-state index in [2.05, 4.69) is 5.32 Å². The van der Waals surface area contributed by atoms with Crippen LogP contribution in [0.1, 0.15) is 13.3 Å². The highest BCUT2D eigenvalue weighted by atomic mass is 32.2. The van der Waals surface area contributed by atoms with Crippen LogP contribution >= 0.6 is 11.8 Å². The smallest absolute Gasteiger partial charge is 0.326 e. The number of carbonyl (C=O) groups excluding carboxylic acids is 1. The molecule has 0 rings (SSSR count). The third kappa shape index (κ3) is 5.78. The molecule has 7 heteroatoms. The van der Waals surface area contributed by atoms with E-state index in [1.807, 2.05) is 13.2 Å². The fourth-order valence-electron chi connectivity index (χ4n) is 1.19. The van der Waals surface area contributed by atoms with Gasteiger partial charge in [0.05, 0.1) is 0 Å². The van der Waals surface area contributed by atoms with E-state index in [9.17, 15) is 9.59 Å². The molecule has 0 aromatic rings. The number of carboxylic acid groups (broad SMARTS) is 1. The third-order valence-corrected chi connectivity index (χ3v) is 3.22. The number of aliphatic carboxylic acids is 1. The van der Waals surface area contributed by atoms with Crippen molar-refractivity contribution in [2.24, 2.45) is 0 Å². The number of aliphatic hydroxyl groups is 1. The summed E-state index contributed by atoms with van der Waals surface area (Å²) in [4.78, 5) is 24.0. The second-order valence-electron chi connectivity index (χ2n) is 3.77. The molecule has 0 aromatic heterocycles. The molecule has 0 saturated carbocycles. The summed E-state index contributed by atoms with van der Waals surface area (Å²) < 4.78 is 0. The molecule has 0 radical (unpaired) electrons. The lowest BCUT2D eigenvalue weighted by atomic mass is 10.2. The number of thioether (sulfide) groups is 1. The Bertz CT molecular complexity index is 263. The van der Waals surface area contributed by atoms with Crippen molar-refractivity contribution in [3.63, 3.8) is 0 Å². The van der Waals surface area contributed by atoms with Gasteiger partial charge in [0.2, 0.25) is 0 Å². The Balaban J connectivity index is 4.34. The van der Waals surface area contributed by atoms with E-state index in [4.69, 9.17) is 10.2 Å². The van der Waals surface area contributed by atoms with Crippen molar-refractivity contribution in [1.29, 1.82) is 0 Å². The quantitative estimate of drug-likeness (QED) is 0.612. The van der Waals surface area contributed by atoms with E-state index in [1.54, 1.807) is 18.8 Å². The first-order valence-electron chi connectivity index (χ1n) is 5.30. The maximum absolute atomic E-state index is 11.7. The predicted octanol–water partition coefficient (Wildman–Crippen LogP) is 0.215. The Morgan fingerprint density at radius 1 is 1.47 bits per heavy atom. The molecular formula is C10H20N2O4S. The number of nitrogens with one attached hydrogen (secondary N) is 1. The summed E-state index contributed by atoms with van der Waals surface area (Å²) in [6, 6.07) is -1.46. The third-order valence-electron chi connectivity index (χ3n) is 2.40. The molecule has 0 spiro atoms. The average Bonchev–Trinajstić information content (AvgIpc) is 2.27. The second-order valence-corrected chi connectivity index (χ2v) is 4.68. The Morgan fingerprint density at radius 3 is 2.47 bits per heavy atom. The van der Waals surface area contributed by atoms with Crippen LogP contribution in [0.15, 0.2) is 0 Å². The Labute approximate surface area is 105 Å². The van der Waals surface area contributed by atoms with E-state index >= 15 is 0 Å². The standard InChI is InChI=1S/C10H20N2O4S/c1-7(6-17-3)12(2)10(16)11-8(4-5-13)9(14)15/h7-8,13H,4-6H2,1-3H3,(H,11,16)(H,14,15)/t7?,8-/m0/s1. The molecule has 17 heavy (non-hydrogen) atoms. The van der Waals surface area contributed by atoms with Crippen LogP contribution < -0.4 is 5.32 Å². The predicted molar refractivity (Wildman–Crippen MR) is 67.3 cm³/mol. The number of amides is 2. The van der Waals surface area contributed by atoms with Crippen molar-refractivity contribution in [1.82, 2.24) is 10.2 Å². The highest BCUT2D eigenvalue weighted by Gasteiger charge is 2.22. The molecule has 2 atom stereocenters. The Kier molecular flexibility index (Phi) is 7.73. The van der Waals surface area contributed by atoms with Gasteiger partial charge in [-0.1, -0.05) is 0 Å². The zero-order chi connectivity index (χ0) is 13.4. The molecule has 0 aromatic carbocycles. The topological polar surface area (TPSA) is 89.9 Å². The van der Waals surface area contributed by atoms with Crippen LogP contribution in [-0.2, 0) is 4.79 Å². The lowest BCUT2D eigenvalue weighted by molar-refractivity contribution is -0.139. The largest absolute Gasteiger partial charge is 0.480 e. The van der Waals surface area contributed by atoms with Gasteiger partial charge in [-0.2, -0.15) is 11.8 Å². The highest BCUT2D eigenvalue weighted by Crippen LogP contribution is 2.04. The first-order chi connectivity index (χ1) is 7.93. The van der Waals surface area contributed by atoms with Crippen molar-refractivity contribution in [3.05, 3.63) is 0 Å². The van der Waals surface area contributed by atoms with Crippen molar-refractivity contribution >= 4 is 23.8 Å². The van der Waals surface area contributed by atoms with Gasteiger partial charge >= 0.3 is 12.0 Å². The van der Waals surface area contributed by atoms with Gasteiger partial charge in [-0.15, -0.1) is 0 Å². The number of carboxylic acids is 1. The number of urea groups is 1. The van der Waals surface area contributed by atoms with Crippen LogP contribution in [0.4, 0.5) is 4.79 Å². The molecule has 0 aliphatic heterocycles. The van der Waals surface area contributed by atoms with E-state index < -0.39 is 18.0 Å². The molecule has 3 N–H and O–H groups in total. The van der Waals surface area contributed by atoms with Crippen molar-refractivity contribution in [2.75, 3.05) is 25.7 Å². The number of hydrogen-bond acceptors (Lipinski definition) is 4. The van der Waals surface area contributed by atoms with Gasteiger partial charge in [-0.3, -0.25) is 0 Å². The summed E-state index contributed by atoms with van der Waals surface area (Å²) in [7, 11) is 1.62. The van der Waals surface area contributed by atoms with Gasteiger partial charge in [0, 0.05) is 31.9 Å². The molecule has 0 heterocycles. The molecule has 0 saturated heterocycles. The number of aliphatic hydroxyl groups excluding tert-OH is 1. The number of rotatable bonds is 7. The van der Waals surface area contributed by atoms with Crippen LogP contribution in [-0.4, -0.2) is 64.9 Å². The molecular weight excluding hydrogens is 244 g/mol. The number of nitrogens with zero attached hydrogens (tertiary/aromatic N) is 1. The van der Waals surface area contributed by atoms with E-state index in [0.29, 0.717) is 0 Å². The maximum atomic E-state index is 11.7. The number of carbonyl (C=O) groups is 2. The highest BCUT2D eigenvalue weighted by molar-refractivity contribution is 7.98. The normalized spacial score (nSPS) is 13.9. The minimum absolute atomic E-state index is 0.00578. The van der Waals surface area contributed by atoms with Gasteiger partial charge in [0.25, 0.3) is 0 Å². The van der Waals surface area contributed by atoms with Gasteiger partial charge < -0.3 is 20.4 Å². The Morgan fingerprint density at radius 2 is 2.06 bits per heavy atom. The van der Waals surface area contributed by atoms with Crippen LogP contribution in [0.2, 0.25) is 0 Å². The summed E-state index contributed by atoms with van der Waals surface area (Å²) in [5.41, 5.74) is 0. The first-order valence-corrected chi connectivity index (χ1v) is 6.69. The zero-order valence-electron chi connectivity index (χ0n) is 10.3. The van der Waals surface area contributed by atoms with Crippen LogP contribution in [0.25, 0.3) is 0 Å². The van der Waals surface area contributed by atoms with Crippen molar-refractivity contribution < 1.29 is 19.8 Å². The van der Waals surface area contributed by atoms with Gasteiger partial charge in [-0.25, -0.2) is 9.59 Å². The molecule has 100 valence electrons. The summed E-state index contributed by atoms with van der Waals surface area (Å²) >= 11 is 1.61. The van der Waals surface area contributed by atoms with Crippen LogP contribution in [0.3, 0.4) is 0 Å². The SMILES string of the molecule is CSCC(C)N(C)C(=O)N[C@@H](CCO)C(=O)O. The molecule has 0 aliphatic rings. The Hall–Kier alpha value is -0.950. The van der Waals surface area contributed by atoms with Crippen molar-refractivity contribution in [2.45, 2.75) is 25.4 Å². The van der Waals surface area contributed by atoms with Gasteiger partial charge in [-0.05, 0) is 13.2 Å². The lowest BCUT2D eigenvalue weighted by Crippen LogP contribution is -2.50. The van der Waals surface area contributed by atoms with Crippen molar-refractivity contribution in [3.8, 4) is 0 Å². The molecule has 0 aliphatic carbocycles. The van der Waals surface area contributed by atoms with E-state index in [1.165, 1.54) is 4.90 Å². The second kappa shape index (κ2) is 8.19. The summed E-state index contributed by atoms with van der Waals surface area (Å²) in [6.45, 7) is 1.61. The van der Waals surface area contributed by atoms with E-state index in [-0.39, 0.29) is 19.1 Å². The molecule has 0 bridgehead atoms. The van der Waals surface area contributed by atoms with Gasteiger partial charge in [0.15, 0.2) is 0 Å². The first kappa shape index (κ1) is 16.1. The van der Waals surface area contributed by atoms with Gasteiger partial charge in [0.1, 0.15) is 6.04 Å². The summed E-state index contributed by atoms with van der Waals surface area (Å²) in [5.74, 6) is -0.361. The van der Waals surface area contributed by atoms with Crippen LogP contribution in [0.5, 0.6) is 0 Å². The average molecular weight is 264 g/mol. The zero-order valence-corrected chi connectivity index (χ0v) is 11.2. The molecule has 2 amide bonds. The lowest BCUT2D eigenvalue weighted by Gasteiger charge is -2.26. The minimum atomic E-state index is -1.14. The molecule has 6 nitrogen and oxygen atoms in total. The molecule has 0 fully saturated rings. The monoisotopic (exact) mass is 264 g/mol. The minimum Gasteiger partial charge on any atom is -0.480 e. The maximum Gasteiger partial charge on any atom is 0.326 e. The van der Waals surface area contributed by atoms with E-state index in [0.717, 1.165) is 5.75 Å². The fraction of sp³-hybridized carbons (Fsp3) is 0.800. The summed E-state index contributed by atoms with van der Waals surface area (Å²) in [5, 5.41) is 19.9. The van der Waals surface area contributed by atoms with Crippen LogP contribution in [0, 0.1) is 0 Å². The summed E-state index contributed by atoms with van der Waals surface area (Å²) in [6.07, 6.45) is 1.94. The number of hydrogen-bond donors (Lipinski definition) is 3.